The predicted octanol–water partition coefficient (Wildman–Crippen LogP) is 2.46. The molecule has 3 aromatic heterocycles. The van der Waals surface area contributed by atoms with Crippen LogP contribution in [0.2, 0.25) is 0 Å². The standard InChI is InChI=1S/C20H25N5O3/c1-12(2)28-19-15(7-6-8-21-19)10-22-16(26)11-27-20-17-13(3)9-14(4)23-18(17)25(5)24-20/h6-9,12H,10-11H2,1-5H3,(H,22,26). The smallest absolute Gasteiger partial charge is 0.258 e. The number of carbonyl (C=O) groups excluding carboxylic acids is 1. The number of fused-ring (bicyclic) bond motifs is 1. The average molecular weight is 383 g/mol. The van der Waals surface area contributed by atoms with Crippen LogP contribution in [0.25, 0.3) is 11.0 Å². The van der Waals surface area contributed by atoms with Crippen LogP contribution in [0.15, 0.2) is 24.4 Å². The van der Waals surface area contributed by atoms with Crippen LogP contribution >= 0.6 is 0 Å². The second-order valence-electron chi connectivity index (χ2n) is 6.91. The maximum Gasteiger partial charge on any atom is 0.258 e. The lowest BCUT2D eigenvalue weighted by atomic mass is 10.2. The fraction of sp³-hybridized carbons (Fsp3) is 0.400. The van der Waals surface area contributed by atoms with E-state index in [1.807, 2.05) is 45.9 Å². The van der Waals surface area contributed by atoms with Gasteiger partial charge in [-0.15, -0.1) is 5.10 Å². The Morgan fingerprint density at radius 1 is 1.29 bits per heavy atom. The van der Waals surface area contributed by atoms with E-state index in [1.54, 1.807) is 17.9 Å². The van der Waals surface area contributed by atoms with E-state index < -0.39 is 0 Å². The lowest BCUT2D eigenvalue weighted by Gasteiger charge is -2.13. The Labute approximate surface area is 163 Å². The molecule has 0 bridgehead atoms. The normalized spacial score (nSPS) is 11.1. The molecule has 3 rings (SSSR count). The molecular formula is C20H25N5O3. The van der Waals surface area contributed by atoms with Gasteiger partial charge in [-0.1, -0.05) is 6.07 Å². The van der Waals surface area contributed by atoms with Gasteiger partial charge in [-0.25, -0.2) is 14.6 Å². The van der Waals surface area contributed by atoms with E-state index in [1.165, 1.54) is 0 Å². The molecule has 8 heteroatoms. The summed E-state index contributed by atoms with van der Waals surface area (Å²) in [4.78, 5) is 21.0. The number of pyridine rings is 2. The van der Waals surface area contributed by atoms with E-state index in [2.05, 4.69) is 20.4 Å². The molecule has 0 saturated heterocycles. The quantitative estimate of drug-likeness (QED) is 0.674. The van der Waals surface area contributed by atoms with Gasteiger partial charge in [0.05, 0.1) is 11.5 Å². The molecule has 0 fully saturated rings. The third-order valence-corrected chi connectivity index (χ3v) is 4.10. The van der Waals surface area contributed by atoms with Gasteiger partial charge in [0.1, 0.15) is 0 Å². The largest absolute Gasteiger partial charge is 0.475 e. The Bertz CT molecular complexity index is 997. The summed E-state index contributed by atoms with van der Waals surface area (Å²) >= 11 is 0. The minimum Gasteiger partial charge on any atom is -0.475 e. The number of aryl methyl sites for hydroxylation is 3. The molecule has 28 heavy (non-hydrogen) atoms. The van der Waals surface area contributed by atoms with Crippen LogP contribution in [0, 0.1) is 13.8 Å². The lowest BCUT2D eigenvalue weighted by Crippen LogP contribution is -2.29. The van der Waals surface area contributed by atoms with Crippen molar-refractivity contribution in [2.24, 2.45) is 7.05 Å². The Morgan fingerprint density at radius 2 is 2.07 bits per heavy atom. The van der Waals surface area contributed by atoms with Crippen LogP contribution < -0.4 is 14.8 Å². The zero-order chi connectivity index (χ0) is 20.3. The molecule has 0 spiro atoms. The molecule has 1 N–H and O–H groups in total. The molecule has 0 aliphatic heterocycles. The van der Waals surface area contributed by atoms with Crippen molar-refractivity contribution in [1.82, 2.24) is 25.1 Å². The molecule has 0 unspecified atom stereocenters. The highest BCUT2D eigenvalue weighted by molar-refractivity contribution is 5.85. The van der Waals surface area contributed by atoms with Crippen LogP contribution in [0.5, 0.6) is 11.8 Å². The molecule has 148 valence electrons. The molecule has 0 atom stereocenters. The summed E-state index contributed by atoms with van der Waals surface area (Å²) in [6.07, 6.45) is 1.67. The maximum atomic E-state index is 12.3. The van der Waals surface area contributed by atoms with Crippen molar-refractivity contribution >= 4 is 16.9 Å². The lowest BCUT2D eigenvalue weighted by molar-refractivity contribution is -0.123. The number of carbonyl (C=O) groups is 1. The highest BCUT2D eigenvalue weighted by Crippen LogP contribution is 2.27. The van der Waals surface area contributed by atoms with Crippen LogP contribution in [0.1, 0.15) is 30.7 Å². The van der Waals surface area contributed by atoms with Crippen molar-refractivity contribution in [3.8, 4) is 11.8 Å². The number of hydrogen-bond donors (Lipinski definition) is 1. The van der Waals surface area contributed by atoms with Crippen LogP contribution in [0.3, 0.4) is 0 Å². The van der Waals surface area contributed by atoms with Gasteiger partial charge >= 0.3 is 0 Å². The van der Waals surface area contributed by atoms with Gasteiger partial charge in [-0.2, -0.15) is 0 Å². The summed E-state index contributed by atoms with van der Waals surface area (Å²) in [6.45, 7) is 7.94. The first kappa shape index (κ1) is 19.6. The van der Waals surface area contributed by atoms with E-state index in [0.717, 1.165) is 27.9 Å². The van der Waals surface area contributed by atoms with Gasteiger partial charge in [-0.05, 0) is 45.4 Å². The molecule has 3 aromatic rings. The highest BCUT2D eigenvalue weighted by Gasteiger charge is 2.16. The molecule has 0 aliphatic rings. The number of rotatable bonds is 7. The number of nitrogens with zero attached hydrogens (tertiary/aromatic N) is 4. The Kier molecular flexibility index (Phi) is 5.77. The Balaban J connectivity index is 1.64. The summed E-state index contributed by atoms with van der Waals surface area (Å²) in [7, 11) is 1.81. The van der Waals surface area contributed by atoms with Gasteiger partial charge < -0.3 is 14.8 Å². The fourth-order valence-electron chi connectivity index (χ4n) is 2.92. The number of nitrogens with one attached hydrogen (secondary N) is 1. The first-order valence-electron chi connectivity index (χ1n) is 9.16. The first-order valence-corrected chi connectivity index (χ1v) is 9.16. The highest BCUT2D eigenvalue weighted by atomic mass is 16.5. The van der Waals surface area contributed by atoms with Crippen molar-refractivity contribution in [2.75, 3.05) is 6.61 Å². The van der Waals surface area contributed by atoms with E-state index in [9.17, 15) is 4.79 Å². The van der Waals surface area contributed by atoms with Gasteiger partial charge in [0, 0.05) is 31.0 Å². The van der Waals surface area contributed by atoms with E-state index >= 15 is 0 Å². The van der Waals surface area contributed by atoms with Crippen LogP contribution in [-0.2, 0) is 18.4 Å². The van der Waals surface area contributed by atoms with Crippen LogP contribution in [-0.4, -0.2) is 38.4 Å². The van der Waals surface area contributed by atoms with Gasteiger partial charge in [0.15, 0.2) is 12.3 Å². The number of ether oxygens (including phenoxy) is 2. The summed E-state index contributed by atoms with van der Waals surface area (Å²) in [5.41, 5.74) is 3.46. The minimum atomic E-state index is -0.254. The van der Waals surface area contributed by atoms with Gasteiger partial charge in [-0.3, -0.25) is 4.79 Å². The molecule has 1 amide bonds. The molecule has 8 nitrogen and oxygen atoms in total. The monoisotopic (exact) mass is 383 g/mol. The number of aromatic nitrogens is 4. The van der Waals surface area contributed by atoms with Gasteiger partial charge in [0.2, 0.25) is 11.8 Å². The summed E-state index contributed by atoms with van der Waals surface area (Å²) in [6, 6.07) is 5.65. The Morgan fingerprint density at radius 3 is 2.82 bits per heavy atom. The van der Waals surface area contributed by atoms with E-state index in [-0.39, 0.29) is 18.6 Å². The third-order valence-electron chi connectivity index (χ3n) is 4.10. The average Bonchev–Trinajstić information content (AvgIpc) is 2.95. The minimum absolute atomic E-state index is 0.00519. The summed E-state index contributed by atoms with van der Waals surface area (Å²) < 4.78 is 13.0. The molecule has 0 aromatic carbocycles. The summed E-state index contributed by atoms with van der Waals surface area (Å²) in [5, 5.41) is 8.00. The molecule has 0 saturated carbocycles. The Hall–Kier alpha value is -3.16. The SMILES string of the molecule is Cc1cc(C)c2c(OCC(=O)NCc3cccnc3OC(C)C)nn(C)c2n1. The number of hydrogen-bond acceptors (Lipinski definition) is 6. The topological polar surface area (TPSA) is 91.2 Å². The number of amides is 1. The van der Waals surface area contributed by atoms with Crippen molar-refractivity contribution < 1.29 is 14.3 Å². The van der Waals surface area contributed by atoms with Crippen molar-refractivity contribution in [1.29, 1.82) is 0 Å². The van der Waals surface area contributed by atoms with Crippen LogP contribution in [0.4, 0.5) is 0 Å². The van der Waals surface area contributed by atoms with Crippen molar-refractivity contribution in [3.63, 3.8) is 0 Å². The molecule has 0 radical (unpaired) electrons. The first-order chi connectivity index (χ1) is 13.3. The zero-order valence-corrected chi connectivity index (χ0v) is 16.8. The van der Waals surface area contributed by atoms with Crippen molar-refractivity contribution in [3.05, 3.63) is 41.2 Å². The van der Waals surface area contributed by atoms with E-state index in [4.69, 9.17) is 9.47 Å². The fourth-order valence-corrected chi connectivity index (χ4v) is 2.92. The predicted molar refractivity (Wildman–Crippen MR) is 105 cm³/mol. The van der Waals surface area contributed by atoms with E-state index in [0.29, 0.717) is 18.3 Å². The summed E-state index contributed by atoms with van der Waals surface area (Å²) in [5.74, 6) is 0.672. The second kappa shape index (κ2) is 8.24. The van der Waals surface area contributed by atoms with Crippen molar-refractivity contribution in [2.45, 2.75) is 40.3 Å². The molecule has 3 heterocycles. The maximum absolute atomic E-state index is 12.3. The van der Waals surface area contributed by atoms with Gasteiger partial charge in [0.25, 0.3) is 5.91 Å². The molecule has 0 aliphatic carbocycles. The molecular weight excluding hydrogens is 358 g/mol. The second-order valence-corrected chi connectivity index (χ2v) is 6.91. The zero-order valence-electron chi connectivity index (χ0n) is 16.8. The third kappa shape index (κ3) is 4.39.